The minimum atomic E-state index is -2.54. The van der Waals surface area contributed by atoms with Gasteiger partial charge in [0, 0.05) is 18.8 Å². The van der Waals surface area contributed by atoms with E-state index in [1.807, 2.05) is 24.3 Å². The Morgan fingerprint density at radius 2 is 1.95 bits per heavy atom. The van der Waals surface area contributed by atoms with Crippen molar-refractivity contribution in [2.24, 2.45) is 5.73 Å². The van der Waals surface area contributed by atoms with Gasteiger partial charge >= 0.3 is 0 Å². The number of para-hydroxylation sites is 1. The summed E-state index contributed by atoms with van der Waals surface area (Å²) in [5, 5.41) is 0. The van der Waals surface area contributed by atoms with E-state index < -0.39 is 12.0 Å². The van der Waals surface area contributed by atoms with Gasteiger partial charge in [-0.2, -0.15) is 0 Å². The van der Waals surface area contributed by atoms with Crippen molar-refractivity contribution in [2.75, 3.05) is 31.2 Å². The summed E-state index contributed by atoms with van der Waals surface area (Å²) in [7, 11) is 0. The summed E-state index contributed by atoms with van der Waals surface area (Å²) in [5.41, 5.74) is 6.06. The molecule has 2 N–H and O–H groups in total. The Hall–Kier alpha value is -1.20. The van der Waals surface area contributed by atoms with Crippen molar-refractivity contribution < 1.29 is 13.5 Å². The monoisotopic (exact) mass is 270 g/mol. The molecule has 1 aromatic rings. The zero-order chi connectivity index (χ0) is 13.9. The molecule has 5 heteroatoms. The van der Waals surface area contributed by atoms with E-state index in [0.29, 0.717) is 13.2 Å². The van der Waals surface area contributed by atoms with Gasteiger partial charge in [0.25, 0.3) is 6.43 Å². The molecule has 0 amide bonds. The van der Waals surface area contributed by atoms with Gasteiger partial charge in [-0.3, -0.25) is 0 Å². The van der Waals surface area contributed by atoms with Crippen LogP contribution in [-0.2, 0) is 11.2 Å². The summed E-state index contributed by atoms with van der Waals surface area (Å²) in [5.74, 6) is 0. The summed E-state index contributed by atoms with van der Waals surface area (Å²) in [4.78, 5) is 2.17. The number of hydrogen-bond donors (Lipinski definition) is 1. The van der Waals surface area contributed by atoms with Gasteiger partial charge in [0.05, 0.1) is 18.8 Å². The standard InChI is InChI=1S/C14H20F2N2O/c1-14(17,13(15)16)10-11-4-2-3-5-12(11)18-6-8-19-9-7-18/h2-5,13H,6-10,17H2,1H3. The fourth-order valence-corrected chi connectivity index (χ4v) is 2.26. The third kappa shape index (κ3) is 3.42. The maximum absolute atomic E-state index is 12.9. The highest BCUT2D eigenvalue weighted by Gasteiger charge is 2.31. The fourth-order valence-electron chi connectivity index (χ4n) is 2.26. The van der Waals surface area contributed by atoms with Crippen molar-refractivity contribution >= 4 is 5.69 Å². The van der Waals surface area contributed by atoms with E-state index in [-0.39, 0.29) is 6.42 Å². The van der Waals surface area contributed by atoms with Gasteiger partial charge in [0.1, 0.15) is 0 Å². The highest BCUT2D eigenvalue weighted by atomic mass is 19.3. The van der Waals surface area contributed by atoms with Crippen LogP contribution in [0.2, 0.25) is 0 Å². The van der Waals surface area contributed by atoms with E-state index in [1.54, 1.807) is 0 Å². The van der Waals surface area contributed by atoms with Gasteiger partial charge < -0.3 is 15.4 Å². The van der Waals surface area contributed by atoms with Gasteiger partial charge in [0.15, 0.2) is 0 Å². The smallest absolute Gasteiger partial charge is 0.256 e. The number of nitrogens with two attached hydrogens (primary N) is 1. The lowest BCUT2D eigenvalue weighted by atomic mass is 9.93. The second-order valence-corrected chi connectivity index (χ2v) is 5.21. The number of rotatable bonds is 4. The summed E-state index contributed by atoms with van der Waals surface area (Å²) < 4.78 is 31.1. The number of anilines is 1. The summed E-state index contributed by atoms with van der Waals surface area (Å²) in [6.07, 6.45) is -2.37. The lowest BCUT2D eigenvalue weighted by Gasteiger charge is -2.32. The molecule has 0 saturated carbocycles. The lowest BCUT2D eigenvalue weighted by Crippen LogP contribution is -2.46. The summed E-state index contributed by atoms with van der Waals surface area (Å²) >= 11 is 0. The SMILES string of the molecule is CC(N)(Cc1ccccc1N1CCOCC1)C(F)F. The first kappa shape index (κ1) is 14.2. The molecule has 0 bridgehead atoms. The zero-order valence-corrected chi connectivity index (χ0v) is 11.1. The maximum Gasteiger partial charge on any atom is 0.256 e. The average Bonchev–Trinajstić information content (AvgIpc) is 2.40. The molecule has 1 fully saturated rings. The van der Waals surface area contributed by atoms with Gasteiger partial charge in [-0.25, -0.2) is 8.78 Å². The van der Waals surface area contributed by atoms with E-state index >= 15 is 0 Å². The lowest BCUT2D eigenvalue weighted by molar-refractivity contribution is 0.0639. The molecule has 0 radical (unpaired) electrons. The fraction of sp³-hybridized carbons (Fsp3) is 0.571. The highest BCUT2D eigenvalue weighted by Crippen LogP contribution is 2.27. The van der Waals surface area contributed by atoms with Crippen molar-refractivity contribution in [2.45, 2.75) is 25.3 Å². The van der Waals surface area contributed by atoms with Gasteiger partial charge in [-0.15, -0.1) is 0 Å². The molecule has 1 saturated heterocycles. The van der Waals surface area contributed by atoms with Crippen LogP contribution in [0.3, 0.4) is 0 Å². The Morgan fingerprint density at radius 3 is 2.58 bits per heavy atom. The largest absolute Gasteiger partial charge is 0.378 e. The minimum Gasteiger partial charge on any atom is -0.378 e. The molecule has 1 aliphatic heterocycles. The van der Waals surface area contributed by atoms with Crippen molar-refractivity contribution in [3.8, 4) is 0 Å². The van der Waals surface area contributed by atoms with Crippen LogP contribution in [-0.4, -0.2) is 38.3 Å². The first-order chi connectivity index (χ1) is 9.00. The van der Waals surface area contributed by atoms with Crippen LogP contribution in [0.4, 0.5) is 14.5 Å². The van der Waals surface area contributed by atoms with Crippen molar-refractivity contribution in [1.82, 2.24) is 0 Å². The van der Waals surface area contributed by atoms with Crippen molar-refractivity contribution in [1.29, 1.82) is 0 Å². The number of hydrogen-bond acceptors (Lipinski definition) is 3. The topological polar surface area (TPSA) is 38.5 Å². The Labute approximate surface area is 112 Å². The molecule has 1 atom stereocenters. The molecule has 3 nitrogen and oxygen atoms in total. The van der Waals surface area contributed by atoms with Crippen LogP contribution >= 0.6 is 0 Å². The third-order valence-electron chi connectivity index (χ3n) is 3.41. The van der Waals surface area contributed by atoms with Crippen molar-refractivity contribution in [3.63, 3.8) is 0 Å². The number of benzene rings is 1. The van der Waals surface area contributed by atoms with E-state index in [2.05, 4.69) is 4.90 Å². The predicted molar refractivity (Wildman–Crippen MR) is 71.8 cm³/mol. The van der Waals surface area contributed by atoms with Crippen LogP contribution in [0.25, 0.3) is 0 Å². The molecule has 1 heterocycles. The van der Waals surface area contributed by atoms with E-state index in [9.17, 15) is 8.78 Å². The number of nitrogens with zero attached hydrogens (tertiary/aromatic N) is 1. The summed E-state index contributed by atoms with van der Waals surface area (Å²) in [6.45, 7) is 4.31. The normalized spacial score (nSPS) is 19.5. The average molecular weight is 270 g/mol. The molecule has 0 aliphatic carbocycles. The van der Waals surface area contributed by atoms with Crippen LogP contribution in [0.15, 0.2) is 24.3 Å². The minimum absolute atomic E-state index is 0.165. The molecule has 1 unspecified atom stereocenters. The third-order valence-corrected chi connectivity index (χ3v) is 3.41. The number of alkyl halides is 2. The van der Waals surface area contributed by atoms with Gasteiger partial charge in [-0.1, -0.05) is 18.2 Å². The zero-order valence-electron chi connectivity index (χ0n) is 11.1. The van der Waals surface area contributed by atoms with Crippen LogP contribution in [0, 0.1) is 0 Å². The molecule has 1 aliphatic rings. The molecule has 0 aromatic heterocycles. The van der Waals surface area contributed by atoms with Crippen LogP contribution in [0.5, 0.6) is 0 Å². The molecular weight excluding hydrogens is 250 g/mol. The van der Waals surface area contributed by atoms with Crippen molar-refractivity contribution in [3.05, 3.63) is 29.8 Å². The van der Waals surface area contributed by atoms with Gasteiger partial charge in [0.2, 0.25) is 0 Å². The number of ether oxygens (including phenoxy) is 1. The highest BCUT2D eigenvalue weighted by molar-refractivity contribution is 5.54. The van der Waals surface area contributed by atoms with Crippen LogP contribution < -0.4 is 10.6 Å². The Balaban J connectivity index is 2.20. The molecule has 1 aromatic carbocycles. The molecular formula is C14H20F2N2O. The van der Waals surface area contributed by atoms with E-state index in [0.717, 1.165) is 24.3 Å². The summed E-state index contributed by atoms with van der Waals surface area (Å²) in [6, 6.07) is 7.62. The van der Waals surface area contributed by atoms with Gasteiger partial charge in [-0.05, 0) is 25.0 Å². The Bertz CT molecular complexity index is 418. The number of morpholine rings is 1. The second-order valence-electron chi connectivity index (χ2n) is 5.21. The Kier molecular flexibility index (Phi) is 4.37. The predicted octanol–water partition coefficient (Wildman–Crippen LogP) is 2.05. The second kappa shape index (κ2) is 5.84. The molecule has 2 rings (SSSR count). The Morgan fingerprint density at radius 1 is 1.32 bits per heavy atom. The van der Waals surface area contributed by atoms with E-state index in [4.69, 9.17) is 10.5 Å². The first-order valence-corrected chi connectivity index (χ1v) is 6.48. The van der Waals surface area contributed by atoms with Crippen LogP contribution in [0.1, 0.15) is 12.5 Å². The quantitative estimate of drug-likeness (QED) is 0.910. The maximum atomic E-state index is 12.9. The molecule has 19 heavy (non-hydrogen) atoms. The molecule has 106 valence electrons. The number of halogens is 2. The van der Waals surface area contributed by atoms with E-state index in [1.165, 1.54) is 6.92 Å². The first-order valence-electron chi connectivity index (χ1n) is 6.48. The molecule has 0 spiro atoms.